The molecule has 0 aliphatic heterocycles. The summed E-state index contributed by atoms with van der Waals surface area (Å²) in [6.45, 7) is 0.164. The topological polar surface area (TPSA) is 125 Å². The number of nitrogens with zero attached hydrogens (tertiary/aromatic N) is 2. The van der Waals surface area contributed by atoms with Gasteiger partial charge in [-0.05, 0) is 11.6 Å². The first kappa shape index (κ1) is 13.3. The number of nitrogens with one attached hydrogen (secondary N) is 1. The Hall–Kier alpha value is -2.79. The van der Waals surface area contributed by atoms with Crippen LogP contribution in [0.15, 0.2) is 35.5 Å². The van der Waals surface area contributed by atoms with Gasteiger partial charge >= 0.3 is 5.97 Å². The van der Waals surface area contributed by atoms with Crippen LogP contribution in [0.4, 0.5) is 0 Å². The maximum atomic E-state index is 10.9. The Labute approximate surface area is 102 Å². The molecule has 0 aromatic heterocycles. The highest BCUT2D eigenvalue weighted by Gasteiger charge is 2.10. The zero-order valence-electron chi connectivity index (χ0n) is 9.20. The summed E-state index contributed by atoms with van der Waals surface area (Å²) >= 11 is 0. The quantitative estimate of drug-likeness (QED) is 0.238. The minimum atomic E-state index is -1.64. The highest BCUT2D eigenvalue weighted by molar-refractivity contribution is 6.38. The van der Waals surface area contributed by atoms with Crippen molar-refractivity contribution in [1.29, 1.82) is 5.53 Å². The Morgan fingerprint density at radius 1 is 1.39 bits per heavy atom. The molecule has 0 bridgehead atoms. The Bertz CT molecular complexity index is 559. The number of carboxylic acids is 1. The summed E-state index contributed by atoms with van der Waals surface area (Å²) in [6, 6.07) is 6.35. The first-order valence-corrected chi connectivity index (χ1v) is 4.85. The zero-order valence-corrected chi connectivity index (χ0v) is 9.20. The lowest BCUT2D eigenvalue weighted by molar-refractivity contribution is -0.146. The molecule has 1 aromatic carbocycles. The largest absolute Gasteiger partial charge is 0.507 e. The summed E-state index contributed by atoms with van der Waals surface area (Å²) in [7, 11) is 0. The van der Waals surface area contributed by atoms with Crippen LogP contribution in [0.25, 0.3) is 5.76 Å². The molecule has 1 rings (SSSR count). The lowest BCUT2D eigenvalue weighted by Gasteiger charge is -2.00. The number of ketones is 1. The second-order valence-corrected chi connectivity index (χ2v) is 3.30. The minimum Gasteiger partial charge on any atom is -0.507 e. The molecule has 0 radical (unpaired) electrons. The van der Waals surface area contributed by atoms with Gasteiger partial charge in [0.2, 0.25) is 4.91 Å². The van der Waals surface area contributed by atoms with E-state index in [4.69, 9.17) is 10.6 Å². The minimum absolute atomic E-state index is 0.164. The molecule has 18 heavy (non-hydrogen) atoms. The van der Waals surface area contributed by atoms with E-state index in [0.717, 1.165) is 0 Å². The lowest BCUT2D eigenvalue weighted by Crippen LogP contribution is -2.09. The molecule has 0 spiro atoms. The third-order valence-corrected chi connectivity index (χ3v) is 2.03. The van der Waals surface area contributed by atoms with Gasteiger partial charge in [0, 0.05) is 11.6 Å². The summed E-state index contributed by atoms with van der Waals surface area (Å²) in [5, 5.41) is 21.4. The van der Waals surface area contributed by atoms with Gasteiger partial charge in [-0.2, -0.15) is 0 Å². The standard InChI is InChI=1S/C11H9N3O4/c12-14-13-6-7-2-1-3-8(4-7)9(15)5-10(16)11(17)18/h1-5,12H,6H2,(H-,15,16,17,18)/p+1. The molecule has 0 saturated heterocycles. The fourth-order valence-corrected chi connectivity index (χ4v) is 1.22. The van der Waals surface area contributed by atoms with Crippen LogP contribution in [0, 0.1) is 5.53 Å². The molecule has 0 saturated carbocycles. The molecule has 7 heteroatoms. The Kier molecular flexibility index (Phi) is 4.48. The van der Waals surface area contributed by atoms with Crippen LogP contribution in [-0.2, 0) is 16.1 Å². The normalized spacial score (nSPS) is 10.6. The van der Waals surface area contributed by atoms with E-state index >= 15 is 0 Å². The Morgan fingerprint density at radius 2 is 2.11 bits per heavy atom. The fourth-order valence-electron chi connectivity index (χ4n) is 1.22. The zero-order chi connectivity index (χ0) is 13.5. The molecule has 0 aliphatic carbocycles. The number of benzene rings is 1. The van der Waals surface area contributed by atoms with Gasteiger partial charge in [-0.15, -0.1) is 0 Å². The van der Waals surface area contributed by atoms with Gasteiger partial charge in [0.25, 0.3) is 5.78 Å². The maximum absolute atomic E-state index is 10.9. The molecular weight excluding hydrogens is 238 g/mol. The molecule has 3 N–H and O–H groups in total. The number of carbonyl (C=O) groups is 2. The highest BCUT2D eigenvalue weighted by Crippen LogP contribution is 2.14. The van der Waals surface area contributed by atoms with Gasteiger partial charge in [0.1, 0.15) is 22.9 Å². The molecular formula is C11H10N3O4+. The van der Waals surface area contributed by atoms with Crippen molar-refractivity contribution >= 4 is 17.5 Å². The number of carbonyl (C=O) groups excluding carboxylic acids is 1. The number of hydrogen-bond donors (Lipinski definition) is 3. The summed E-state index contributed by atoms with van der Waals surface area (Å²) in [5.74, 6) is -3.28. The summed E-state index contributed by atoms with van der Waals surface area (Å²) in [4.78, 5) is 24.1. The third-order valence-electron chi connectivity index (χ3n) is 2.03. The highest BCUT2D eigenvalue weighted by atomic mass is 16.4. The predicted octanol–water partition coefficient (Wildman–Crippen LogP) is 1.29. The van der Waals surface area contributed by atoms with Crippen molar-refractivity contribution in [3.05, 3.63) is 41.5 Å². The van der Waals surface area contributed by atoms with Gasteiger partial charge < -0.3 is 10.2 Å². The number of carboxylic acid groups (broad SMARTS) is 1. The molecule has 7 nitrogen and oxygen atoms in total. The monoisotopic (exact) mass is 248 g/mol. The van der Waals surface area contributed by atoms with E-state index in [1.54, 1.807) is 12.1 Å². The molecule has 0 atom stereocenters. The van der Waals surface area contributed by atoms with E-state index in [0.29, 0.717) is 17.2 Å². The summed E-state index contributed by atoms with van der Waals surface area (Å²) < 4.78 is 0. The van der Waals surface area contributed by atoms with Crippen LogP contribution < -0.4 is 4.91 Å². The van der Waals surface area contributed by atoms with Crippen molar-refractivity contribution in [3.8, 4) is 0 Å². The van der Waals surface area contributed by atoms with Crippen LogP contribution in [0.5, 0.6) is 0 Å². The SMILES string of the molecule is N=[N+]=NCc1cccc(/C(O)=C/C(=O)C(=O)O)c1. The summed E-state index contributed by atoms with van der Waals surface area (Å²) in [5.41, 5.74) is 7.48. The molecule has 92 valence electrons. The van der Waals surface area contributed by atoms with E-state index in [9.17, 15) is 14.7 Å². The van der Waals surface area contributed by atoms with Gasteiger partial charge in [-0.1, -0.05) is 18.2 Å². The molecule has 0 unspecified atom stereocenters. The average Bonchev–Trinajstić information content (AvgIpc) is 2.36. The Morgan fingerprint density at radius 3 is 2.72 bits per heavy atom. The first-order valence-electron chi connectivity index (χ1n) is 4.85. The van der Waals surface area contributed by atoms with Crippen LogP contribution in [0.2, 0.25) is 0 Å². The van der Waals surface area contributed by atoms with Crippen molar-refractivity contribution in [3.63, 3.8) is 0 Å². The van der Waals surface area contributed by atoms with E-state index in [1.165, 1.54) is 12.1 Å². The Balaban J connectivity index is 2.99. The van der Waals surface area contributed by atoms with Crippen molar-refractivity contribution in [2.24, 2.45) is 5.11 Å². The number of rotatable bonds is 5. The van der Waals surface area contributed by atoms with Gasteiger partial charge in [0.05, 0.1) is 0 Å². The molecule has 1 aromatic rings. The summed E-state index contributed by atoms with van der Waals surface area (Å²) in [6.07, 6.45) is 0.632. The number of aliphatic hydroxyl groups is 1. The molecule has 0 aliphatic rings. The van der Waals surface area contributed by atoms with Crippen LogP contribution in [0.3, 0.4) is 0 Å². The molecule has 0 fully saturated rings. The predicted molar refractivity (Wildman–Crippen MR) is 60.7 cm³/mol. The van der Waals surface area contributed by atoms with E-state index in [-0.39, 0.29) is 6.54 Å². The smallest absolute Gasteiger partial charge is 0.376 e. The van der Waals surface area contributed by atoms with Crippen molar-refractivity contribution in [1.82, 2.24) is 4.91 Å². The van der Waals surface area contributed by atoms with E-state index in [2.05, 4.69) is 10.0 Å². The lowest BCUT2D eigenvalue weighted by atomic mass is 10.1. The second kappa shape index (κ2) is 6.07. The average molecular weight is 248 g/mol. The van der Waals surface area contributed by atoms with Crippen molar-refractivity contribution in [2.45, 2.75) is 6.54 Å². The van der Waals surface area contributed by atoms with E-state index < -0.39 is 17.5 Å². The second-order valence-electron chi connectivity index (χ2n) is 3.30. The first-order chi connectivity index (χ1) is 8.54. The van der Waals surface area contributed by atoms with Crippen LogP contribution in [0.1, 0.15) is 11.1 Å². The van der Waals surface area contributed by atoms with Crippen molar-refractivity contribution < 1.29 is 19.8 Å². The number of aliphatic hydroxyl groups excluding tert-OH is 1. The van der Waals surface area contributed by atoms with E-state index in [1.807, 2.05) is 0 Å². The number of hydrogen-bond acceptors (Lipinski definition) is 5. The molecule has 0 amide bonds. The fraction of sp³-hybridized carbons (Fsp3) is 0.0909. The van der Waals surface area contributed by atoms with Gasteiger partial charge in [0.15, 0.2) is 0 Å². The maximum Gasteiger partial charge on any atom is 0.376 e. The van der Waals surface area contributed by atoms with Crippen molar-refractivity contribution in [2.75, 3.05) is 0 Å². The van der Waals surface area contributed by atoms with Crippen LogP contribution in [-0.4, -0.2) is 22.0 Å². The number of aliphatic carboxylic acids is 1. The van der Waals surface area contributed by atoms with Gasteiger partial charge in [-0.3, -0.25) is 4.79 Å². The van der Waals surface area contributed by atoms with Crippen LogP contribution >= 0.6 is 0 Å². The van der Waals surface area contributed by atoms with Gasteiger partial charge in [-0.25, -0.2) is 4.79 Å². The third kappa shape index (κ3) is 3.66. The molecule has 0 heterocycles.